The van der Waals surface area contributed by atoms with E-state index in [1.165, 1.54) is 29.8 Å². The molecule has 29 heavy (non-hydrogen) atoms. The first kappa shape index (κ1) is 18.7. The number of aryl methyl sites for hydroxylation is 1. The van der Waals surface area contributed by atoms with E-state index >= 15 is 0 Å². The van der Waals surface area contributed by atoms with Crippen molar-refractivity contribution in [3.63, 3.8) is 0 Å². The summed E-state index contributed by atoms with van der Waals surface area (Å²) in [5.74, 6) is -0.421. The molecule has 148 valence electrons. The summed E-state index contributed by atoms with van der Waals surface area (Å²) >= 11 is 0. The quantitative estimate of drug-likeness (QED) is 0.386. The minimum absolute atomic E-state index is 0.109. The van der Waals surface area contributed by atoms with Crippen molar-refractivity contribution in [2.45, 2.75) is 6.92 Å². The molecule has 1 aromatic heterocycles. The minimum atomic E-state index is -0.739. The Morgan fingerprint density at radius 1 is 1.03 bits per heavy atom. The van der Waals surface area contributed by atoms with Gasteiger partial charge < -0.3 is 14.2 Å². The molecule has 1 amide bonds. The Morgan fingerprint density at radius 3 is 2.38 bits per heavy atom. The maximum absolute atomic E-state index is 12.9. The highest BCUT2D eigenvalue weighted by Gasteiger charge is 2.25. The standard InChI is InChI=1S/C21H19N3O5/c1-14-2-4-16(5-3-14)22-8-10-23(11-9-22)20(25)18-13-15-12-17(24(27)28)6-7-19(15)29-21(18)26/h2-7,12-13H,8-11H2,1H3. The second kappa shape index (κ2) is 7.38. The van der Waals surface area contributed by atoms with Crippen molar-refractivity contribution in [1.82, 2.24) is 4.90 Å². The molecule has 1 aliphatic heterocycles. The van der Waals surface area contributed by atoms with E-state index in [0.29, 0.717) is 31.6 Å². The first-order valence-electron chi connectivity index (χ1n) is 9.25. The highest BCUT2D eigenvalue weighted by atomic mass is 16.6. The van der Waals surface area contributed by atoms with Crippen LogP contribution in [-0.2, 0) is 0 Å². The monoisotopic (exact) mass is 393 g/mol. The predicted molar refractivity (Wildman–Crippen MR) is 108 cm³/mol. The number of piperazine rings is 1. The number of hydrogen-bond donors (Lipinski definition) is 0. The fraction of sp³-hybridized carbons (Fsp3) is 0.238. The van der Waals surface area contributed by atoms with Gasteiger partial charge in [-0.05, 0) is 31.2 Å². The molecule has 0 spiro atoms. The van der Waals surface area contributed by atoms with E-state index < -0.39 is 16.5 Å². The number of hydrogen-bond acceptors (Lipinski definition) is 6. The van der Waals surface area contributed by atoms with Crippen LogP contribution in [0.2, 0.25) is 0 Å². The lowest BCUT2D eigenvalue weighted by Gasteiger charge is -2.36. The lowest BCUT2D eigenvalue weighted by molar-refractivity contribution is -0.384. The molecule has 8 heteroatoms. The molecule has 2 aromatic carbocycles. The van der Waals surface area contributed by atoms with E-state index in [1.807, 2.05) is 19.1 Å². The molecule has 1 aliphatic rings. The molecule has 0 saturated carbocycles. The van der Waals surface area contributed by atoms with Gasteiger partial charge in [0.1, 0.15) is 11.1 Å². The van der Waals surface area contributed by atoms with Crippen LogP contribution in [0.25, 0.3) is 11.0 Å². The van der Waals surface area contributed by atoms with Crippen molar-refractivity contribution in [2.75, 3.05) is 31.1 Å². The Kier molecular flexibility index (Phi) is 4.75. The number of nitrogens with zero attached hydrogens (tertiary/aromatic N) is 3. The number of fused-ring (bicyclic) bond motifs is 1. The maximum atomic E-state index is 12.9. The Labute approximate surface area is 166 Å². The third-order valence-corrected chi connectivity index (χ3v) is 5.12. The zero-order valence-corrected chi connectivity index (χ0v) is 15.8. The fourth-order valence-corrected chi connectivity index (χ4v) is 3.47. The first-order chi connectivity index (χ1) is 13.9. The lowest BCUT2D eigenvalue weighted by Crippen LogP contribution is -2.49. The SMILES string of the molecule is Cc1ccc(N2CCN(C(=O)c3cc4cc([N+](=O)[O-])ccc4oc3=O)CC2)cc1. The predicted octanol–water partition coefficient (Wildman–Crippen LogP) is 2.97. The summed E-state index contributed by atoms with van der Waals surface area (Å²) in [4.78, 5) is 39.4. The summed E-state index contributed by atoms with van der Waals surface area (Å²) in [5, 5.41) is 11.3. The number of carbonyl (C=O) groups is 1. The Hall–Kier alpha value is -3.68. The number of non-ortho nitro benzene ring substituents is 1. The van der Waals surface area contributed by atoms with Gasteiger partial charge >= 0.3 is 5.63 Å². The van der Waals surface area contributed by atoms with E-state index in [9.17, 15) is 19.7 Å². The van der Waals surface area contributed by atoms with Crippen LogP contribution in [0.15, 0.2) is 57.7 Å². The average molecular weight is 393 g/mol. The van der Waals surface area contributed by atoms with Crippen molar-refractivity contribution < 1.29 is 14.1 Å². The van der Waals surface area contributed by atoms with Crippen molar-refractivity contribution in [3.05, 3.63) is 80.2 Å². The van der Waals surface area contributed by atoms with Crippen LogP contribution in [0.5, 0.6) is 0 Å². The third-order valence-electron chi connectivity index (χ3n) is 5.12. The molecule has 0 unspecified atom stereocenters. The Morgan fingerprint density at radius 2 is 1.72 bits per heavy atom. The number of amides is 1. The van der Waals surface area contributed by atoms with E-state index in [-0.39, 0.29) is 16.8 Å². The van der Waals surface area contributed by atoms with E-state index in [0.717, 1.165) is 5.69 Å². The number of anilines is 1. The van der Waals surface area contributed by atoms with Gasteiger partial charge in [-0.2, -0.15) is 0 Å². The summed E-state index contributed by atoms with van der Waals surface area (Å²) in [6.07, 6.45) is 0. The van der Waals surface area contributed by atoms with Gasteiger partial charge in [0.15, 0.2) is 0 Å². The largest absolute Gasteiger partial charge is 0.422 e. The van der Waals surface area contributed by atoms with Crippen LogP contribution in [0, 0.1) is 17.0 Å². The van der Waals surface area contributed by atoms with E-state index in [2.05, 4.69) is 17.0 Å². The average Bonchev–Trinajstić information content (AvgIpc) is 2.73. The highest BCUT2D eigenvalue weighted by molar-refractivity contribution is 5.97. The molecule has 0 bridgehead atoms. The van der Waals surface area contributed by atoms with Gasteiger partial charge in [-0.15, -0.1) is 0 Å². The van der Waals surface area contributed by atoms with Gasteiger partial charge in [0, 0.05) is 49.4 Å². The normalized spacial score (nSPS) is 14.2. The van der Waals surface area contributed by atoms with Gasteiger partial charge in [0.2, 0.25) is 0 Å². The van der Waals surface area contributed by atoms with E-state index in [1.54, 1.807) is 4.90 Å². The molecule has 1 fully saturated rings. The summed E-state index contributed by atoms with van der Waals surface area (Å²) < 4.78 is 5.21. The van der Waals surface area contributed by atoms with Crippen LogP contribution >= 0.6 is 0 Å². The Bertz CT molecular complexity index is 1150. The second-order valence-electron chi connectivity index (χ2n) is 7.04. The van der Waals surface area contributed by atoms with Gasteiger partial charge in [0.05, 0.1) is 4.92 Å². The molecule has 0 N–H and O–H groups in total. The van der Waals surface area contributed by atoms with Crippen molar-refractivity contribution >= 4 is 28.3 Å². The van der Waals surface area contributed by atoms with Gasteiger partial charge in [-0.1, -0.05) is 17.7 Å². The molecular weight excluding hydrogens is 374 g/mol. The maximum Gasteiger partial charge on any atom is 0.349 e. The number of benzene rings is 2. The van der Waals surface area contributed by atoms with Crippen molar-refractivity contribution in [3.8, 4) is 0 Å². The summed E-state index contributed by atoms with van der Waals surface area (Å²) in [6.45, 7) is 4.28. The third kappa shape index (κ3) is 3.69. The number of nitro groups is 1. The highest BCUT2D eigenvalue weighted by Crippen LogP contribution is 2.22. The smallest absolute Gasteiger partial charge is 0.349 e. The molecule has 1 saturated heterocycles. The topological polar surface area (TPSA) is 96.9 Å². The molecule has 0 radical (unpaired) electrons. The number of nitro benzene ring substituents is 1. The summed E-state index contributed by atoms with van der Waals surface area (Å²) in [5.41, 5.74) is 1.52. The molecule has 0 aliphatic carbocycles. The van der Waals surface area contributed by atoms with Crippen LogP contribution < -0.4 is 10.5 Å². The minimum Gasteiger partial charge on any atom is -0.422 e. The second-order valence-corrected chi connectivity index (χ2v) is 7.04. The van der Waals surface area contributed by atoms with Crippen molar-refractivity contribution in [1.29, 1.82) is 0 Å². The fourth-order valence-electron chi connectivity index (χ4n) is 3.47. The molecule has 8 nitrogen and oxygen atoms in total. The van der Waals surface area contributed by atoms with Crippen LogP contribution in [0.1, 0.15) is 15.9 Å². The number of rotatable bonds is 3. The van der Waals surface area contributed by atoms with Gasteiger partial charge in [-0.25, -0.2) is 4.79 Å². The Balaban J connectivity index is 1.54. The first-order valence-corrected chi connectivity index (χ1v) is 9.25. The van der Waals surface area contributed by atoms with Gasteiger partial charge in [0.25, 0.3) is 11.6 Å². The molecule has 2 heterocycles. The van der Waals surface area contributed by atoms with E-state index in [4.69, 9.17) is 4.42 Å². The van der Waals surface area contributed by atoms with Crippen LogP contribution in [0.4, 0.5) is 11.4 Å². The van der Waals surface area contributed by atoms with Crippen molar-refractivity contribution in [2.24, 2.45) is 0 Å². The number of carbonyl (C=O) groups excluding carboxylic acids is 1. The van der Waals surface area contributed by atoms with Gasteiger partial charge in [-0.3, -0.25) is 14.9 Å². The molecule has 4 rings (SSSR count). The summed E-state index contributed by atoms with van der Waals surface area (Å²) in [7, 11) is 0. The molecule has 0 atom stereocenters. The molecular formula is C21H19N3O5. The lowest BCUT2D eigenvalue weighted by atomic mass is 10.1. The zero-order valence-electron chi connectivity index (χ0n) is 15.8. The van der Waals surface area contributed by atoms with Crippen LogP contribution in [-0.4, -0.2) is 41.9 Å². The van der Waals surface area contributed by atoms with Crippen LogP contribution in [0.3, 0.4) is 0 Å². The zero-order chi connectivity index (χ0) is 20.5. The summed E-state index contributed by atoms with van der Waals surface area (Å²) in [6, 6.07) is 13.5. The molecule has 3 aromatic rings.